The fraction of sp³-hybridized carbons (Fsp3) is 0.286. The SMILES string of the molecule is COCCNC(=O)c1ccc2[nH]c(CCl)cc(=O)c2c1. The van der Waals surface area contributed by atoms with Gasteiger partial charge in [-0.2, -0.15) is 0 Å². The summed E-state index contributed by atoms with van der Waals surface area (Å²) in [6.45, 7) is 0.869. The zero-order valence-electron chi connectivity index (χ0n) is 11.0. The molecule has 2 aromatic rings. The quantitative estimate of drug-likeness (QED) is 0.650. The topological polar surface area (TPSA) is 71.2 Å². The summed E-state index contributed by atoms with van der Waals surface area (Å²) < 4.78 is 4.86. The van der Waals surface area contributed by atoms with Crippen molar-refractivity contribution in [3.05, 3.63) is 45.7 Å². The Kier molecular flexibility index (Phi) is 4.76. The maximum atomic E-state index is 12.0. The van der Waals surface area contributed by atoms with Gasteiger partial charge >= 0.3 is 0 Å². The summed E-state index contributed by atoms with van der Waals surface area (Å²) in [5.41, 5.74) is 1.61. The minimum atomic E-state index is -0.232. The number of carbonyl (C=O) groups is 1. The summed E-state index contributed by atoms with van der Waals surface area (Å²) >= 11 is 5.71. The van der Waals surface area contributed by atoms with Crippen LogP contribution in [0.5, 0.6) is 0 Å². The molecule has 2 N–H and O–H groups in total. The molecule has 0 aliphatic rings. The minimum Gasteiger partial charge on any atom is -0.383 e. The van der Waals surface area contributed by atoms with Crippen LogP contribution >= 0.6 is 11.6 Å². The molecule has 0 fully saturated rings. The third-order valence-corrected chi connectivity index (χ3v) is 3.17. The normalized spacial score (nSPS) is 10.7. The highest BCUT2D eigenvalue weighted by molar-refractivity contribution is 6.17. The second-order valence-corrected chi connectivity index (χ2v) is 4.57. The lowest BCUT2D eigenvalue weighted by Gasteiger charge is -2.06. The van der Waals surface area contributed by atoms with Gasteiger partial charge in [-0.05, 0) is 18.2 Å². The molecule has 0 spiro atoms. The van der Waals surface area contributed by atoms with Crippen LogP contribution in [0.4, 0.5) is 0 Å². The first kappa shape index (κ1) is 14.6. The Morgan fingerprint density at radius 2 is 2.20 bits per heavy atom. The van der Waals surface area contributed by atoms with E-state index in [1.807, 2.05) is 0 Å². The molecule has 5 nitrogen and oxygen atoms in total. The number of nitrogens with one attached hydrogen (secondary N) is 2. The van der Waals surface area contributed by atoms with Crippen molar-refractivity contribution < 1.29 is 9.53 Å². The van der Waals surface area contributed by atoms with Crippen molar-refractivity contribution in [2.75, 3.05) is 20.3 Å². The highest BCUT2D eigenvalue weighted by Crippen LogP contribution is 2.12. The standard InChI is InChI=1S/C14H15ClN2O3/c1-20-5-4-16-14(19)9-2-3-12-11(6-9)13(18)7-10(8-15)17-12/h2-3,6-7H,4-5,8H2,1H3,(H,16,19)(H,17,18). The first-order valence-corrected chi connectivity index (χ1v) is 6.68. The van der Waals surface area contributed by atoms with Gasteiger partial charge in [0.2, 0.25) is 0 Å². The average molecular weight is 295 g/mol. The highest BCUT2D eigenvalue weighted by Gasteiger charge is 2.08. The molecule has 2 rings (SSSR count). The number of halogens is 1. The van der Waals surface area contributed by atoms with Crippen LogP contribution in [0.25, 0.3) is 10.9 Å². The van der Waals surface area contributed by atoms with Gasteiger partial charge in [-0.1, -0.05) is 0 Å². The third-order valence-electron chi connectivity index (χ3n) is 2.88. The predicted octanol–water partition coefficient (Wildman–Crippen LogP) is 1.64. The van der Waals surface area contributed by atoms with Crippen LogP contribution in [0, 0.1) is 0 Å². The van der Waals surface area contributed by atoms with E-state index in [1.165, 1.54) is 6.07 Å². The molecule has 106 valence electrons. The lowest BCUT2D eigenvalue weighted by Crippen LogP contribution is -2.27. The van der Waals surface area contributed by atoms with Crippen molar-refractivity contribution in [2.45, 2.75) is 5.88 Å². The van der Waals surface area contributed by atoms with E-state index in [-0.39, 0.29) is 17.2 Å². The van der Waals surface area contributed by atoms with Crippen molar-refractivity contribution in [1.29, 1.82) is 0 Å². The molecule has 0 radical (unpaired) electrons. The molecule has 1 aromatic heterocycles. The van der Waals surface area contributed by atoms with Gasteiger partial charge < -0.3 is 15.0 Å². The molecular formula is C14H15ClN2O3. The number of carbonyl (C=O) groups excluding carboxylic acids is 1. The van der Waals surface area contributed by atoms with Crippen LogP contribution in [0.2, 0.25) is 0 Å². The van der Waals surface area contributed by atoms with E-state index in [2.05, 4.69) is 10.3 Å². The Morgan fingerprint density at radius 1 is 1.40 bits per heavy atom. The largest absolute Gasteiger partial charge is 0.383 e. The summed E-state index contributed by atoms with van der Waals surface area (Å²) in [5.74, 6) is 0.00882. The number of alkyl halides is 1. The number of H-pyrrole nitrogens is 1. The van der Waals surface area contributed by atoms with Crippen molar-refractivity contribution >= 4 is 28.4 Å². The first-order chi connectivity index (χ1) is 9.65. The van der Waals surface area contributed by atoms with Crippen LogP contribution < -0.4 is 10.7 Å². The number of amides is 1. The second-order valence-electron chi connectivity index (χ2n) is 4.30. The smallest absolute Gasteiger partial charge is 0.251 e. The van der Waals surface area contributed by atoms with E-state index < -0.39 is 0 Å². The van der Waals surface area contributed by atoms with E-state index in [0.717, 1.165) is 0 Å². The number of methoxy groups -OCH3 is 1. The molecule has 20 heavy (non-hydrogen) atoms. The van der Waals surface area contributed by atoms with Gasteiger partial charge in [0.05, 0.1) is 12.5 Å². The van der Waals surface area contributed by atoms with Crippen LogP contribution in [0.1, 0.15) is 16.1 Å². The summed E-state index contributed by atoms with van der Waals surface area (Å²) in [5, 5.41) is 3.18. The maximum Gasteiger partial charge on any atom is 0.251 e. The van der Waals surface area contributed by atoms with Crippen molar-refractivity contribution in [3.8, 4) is 0 Å². The Bertz CT molecular complexity index is 682. The third kappa shape index (κ3) is 3.18. The van der Waals surface area contributed by atoms with Gasteiger partial charge in [-0.3, -0.25) is 9.59 Å². The predicted molar refractivity (Wildman–Crippen MR) is 78.3 cm³/mol. The Hall–Kier alpha value is -1.85. The van der Waals surface area contributed by atoms with E-state index in [1.54, 1.807) is 25.3 Å². The average Bonchev–Trinajstić information content (AvgIpc) is 2.47. The zero-order valence-corrected chi connectivity index (χ0v) is 11.8. The van der Waals surface area contributed by atoms with Crippen LogP contribution in [-0.2, 0) is 10.6 Å². The van der Waals surface area contributed by atoms with Gasteiger partial charge in [0.25, 0.3) is 5.91 Å². The molecule has 0 unspecified atom stereocenters. The second kappa shape index (κ2) is 6.54. The zero-order chi connectivity index (χ0) is 14.5. The molecule has 0 saturated heterocycles. The van der Waals surface area contributed by atoms with E-state index in [0.29, 0.717) is 35.3 Å². The van der Waals surface area contributed by atoms with Gasteiger partial charge in [-0.15, -0.1) is 11.6 Å². The number of hydrogen-bond donors (Lipinski definition) is 2. The lowest BCUT2D eigenvalue weighted by atomic mass is 10.1. The minimum absolute atomic E-state index is 0.152. The first-order valence-electron chi connectivity index (χ1n) is 6.14. The van der Waals surface area contributed by atoms with Crippen molar-refractivity contribution in [2.24, 2.45) is 0 Å². The monoisotopic (exact) mass is 294 g/mol. The van der Waals surface area contributed by atoms with Gasteiger partial charge in [0.1, 0.15) is 0 Å². The van der Waals surface area contributed by atoms with Crippen LogP contribution in [0.15, 0.2) is 29.1 Å². The van der Waals surface area contributed by atoms with Gasteiger partial charge in [-0.25, -0.2) is 0 Å². The Morgan fingerprint density at radius 3 is 2.90 bits per heavy atom. The number of hydrogen-bond acceptors (Lipinski definition) is 3. The van der Waals surface area contributed by atoms with Crippen LogP contribution in [-0.4, -0.2) is 31.2 Å². The number of fused-ring (bicyclic) bond motifs is 1. The number of aromatic nitrogens is 1. The van der Waals surface area contributed by atoms with Crippen molar-refractivity contribution in [1.82, 2.24) is 10.3 Å². The molecule has 0 bridgehead atoms. The fourth-order valence-corrected chi connectivity index (χ4v) is 2.03. The molecule has 1 heterocycles. The molecule has 0 atom stereocenters. The number of ether oxygens (including phenoxy) is 1. The maximum absolute atomic E-state index is 12.0. The summed E-state index contributed by atoms with van der Waals surface area (Å²) in [6.07, 6.45) is 0. The molecule has 0 saturated carbocycles. The summed E-state index contributed by atoms with van der Waals surface area (Å²) in [4.78, 5) is 26.9. The van der Waals surface area contributed by atoms with E-state index in [4.69, 9.17) is 16.3 Å². The number of pyridine rings is 1. The summed E-state index contributed by atoms with van der Waals surface area (Å²) in [7, 11) is 1.57. The molecule has 0 aliphatic carbocycles. The van der Waals surface area contributed by atoms with E-state index >= 15 is 0 Å². The fourth-order valence-electron chi connectivity index (χ4n) is 1.88. The highest BCUT2D eigenvalue weighted by atomic mass is 35.5. The lowest BCUT2D eigenvalue weighted by molar-refractivity contribution is 0.0937. The van der Waals surface area contributed by atoms with E-state index in [9.17, 15) is 9.59 Å². The Balaban J connectivity index is 2.32. The number of aromatic amines is 1. The number of rotatable bonds is 5. The molecule has 0 aliphatic heterocycles. The van der Waals surface area contributed by atoms with Crippen molar-refractivity contribution in [3.63, 3.8) is 0 Å². The van der Waals surface area contributed by atoms with Gasteiger partial charge in [0.15, 0.2) is 5.43 Å². The molecule has 6 heteroatoms. The molecular weight excluding hydrogens is 280 g/mol. The summed E-state index contributed by atoms with van der Waals surface area (Å²) in [6, 6.07) is 6.40. The molecule has 1 amide bonds. The van der Waals surface area contributed by atoms with Gasteiger partial charge in [0, 0.05) is 41.9 Å². The molecule has 1 aromatic carbocycles. The number of benzene rings is 1. The Labute approximate surface area is 120 Å². The van der Waals surface area contributed by atoms with Crippen LogP contribution in [0.3, 0.4) is 0 Å².